The standard InChI is InChI=1S/C14H18IN3O2/c15-11-3-5-12(6-4-11)17-13(19)9-18-7-1-2-10(8-18)14(16)20/h3-6,10H,1-2,7-9H2,(H2,16,20)(H,17,19)/t10-/m1/s1. The fourth-order valence-corrected chi connectivity index (χ4v) is 2.73. The summed E-state index contributed by atoms with van der Waals surface area (Å²) in [5.41, 5.74) is 6.12. The minimum absolute atomic E-state index is 0.0590. The van der Waals surface area contributed by atoms with E-state index in [1.54, 1.807) is 0 Å². The molecule has 1 heterocycles. The third-order valence-corrected chi connectivity index (χ3v) is 4.12. The number of carbonyl (C=O) groups is 2. The van der Waals surface area contributed by atoms with Crippen LogP contribution in [-0.4, -0.2) is 36.3 Å². The average Bonchev–Trinajstić information content (AvgIpc) is 2.41. The maximum Gasteiger partial charge on any atom is 0.238 e. The molecule has 5 nitrogen and oxygen atoms in total. The van der Waals surface area contributed by atoms with Crippen LogP contribution in [0.15, 0.2) is 24.3 Å². The fraction of sp³-hybridized carbons (Fsp3) is 0.429. The number of nitrogens with two attached hydrogens (primary N) is 1. The Balaban J connectivity index is 1.85. The van der Waals surface area contributed by atoms with E-state index in [0.717, 1.165) is 28.6 Å². The van der Waals surface area contributed by atoms with Crippen LogP contribution in [0.2, 0.25) is 0 Å². The summed E-state index contributed by atoms with van der Waals surface area (Å²) in [4.78, 5) is 25.2. The molecule has 20 heavy (non-hydrogen) atoms. The molecule has 0 aromatic heterocycles. The summed E-state index contributed by atoms with van der Waals surface area (Å²) in [6, 6.07) is 7.64. The maximum absolute atomic E-state index is 12.0. The topological polar surface area (TPSA) is 75.4 Å². The van der Waals surface area contributed by atoms with Crippen LogP contribution in [0.4, 0.5) is 5.69 Å². The summed E-state index contributed by atoms with van der Waals surface area (Å²) in [5.74, 6) is -0.459. The van der Waals surface area contributed by atoms with Crippen molar-refractivity contribution in [2.75, 3.05) is 25.0 Å². The molecule has 3 N–H and O–H groups in total. The van der Waals surface area contributed by atoms with Crippen molar-refractivity contribution in [1.29, 1.82) is 0 Å². The van der Waals surface area contributed by atoms with Crippen LogP contribution in [0.25, 0.3) is 0 Å². The second-order valence-electron chi connectivity index (χ2n) is 5.03. The molecule has 1 aliphatic heterocycles. The summed E-state index contributed by atoms with van der Waals surface area (Å²) >= 11 is 2.22. The number of hydrogen-bond donors (Lipinski definition) is 2. The number of rotatable bonds is 4. The molecule has 1 fully saturated rings. The van der Waals surface area contributed by atoms with Gasteiger partial charge in [-0.15, -0.1) is 0 Å². The number of benzene rings is 1. The highest BCUT2D eigenvalue weighted by molar-refractivity contribution is 14.1. The molecule has 0 spiro atoms. The first kappa shape index (κ1) is 15.2. The second-order valence-corrected chi connectivity index (χ2v) is 6.28. The Hall–Kier alpha value is -1.15. The lowest BCUT2D eigenvalue weighted by molar-refractivity contribution is -0.125. The Morgan fingerprint density at radius 3 is 2.70 bits per heavy atom. The summed E-state index contributed by atoms with van der Waals surface area (Å²) in [5, 5.41) is 2.86. The second kappa shape index (κ2) is 7.03. The van der Waals surface area contributed by atoms with E-state index in [1.807, 2.05) is 29.2 Å². The van der Waals surface area contributed by atoms with Gasteiger partial charge in [-0.2, -0.15) is 0 Å². The predicted molar refractivity (Wildman–Crippen MR) is 86.1 cm³/mol. The molecule has 0 radical (unpaired) electrons. The van der Waals surface area contributed by atoms with Crippen molar-refractivity contribution in [1.82, 2.24) is 4.90 Å². The van der Waals surface area contributed by atoms with Crippen LogP contribution in [0, 0.1) is 9.49 Å². The van der Waals surface area contributed by atoms with E-state index < -0.39 is 0 Å². The summed E-state index contributed by atoms with van der Waals surface area (Å²) in [6.45, 7) is 1.72. The van der Waals surface area contributed by atoms with E-state index in [4.69, 9.17) is 5.73 Å². The molecule has 1 aromatic carbocycles. The van der Waals surface area contributed by atoms with Gasteiger partial charge >= 0.3 is 0 Å². The quantitative estimate of drug-likeness (QED) is 0.768. The van der Waals surface area contributed by atoms with Gasteiger partial charge in [0.25, 0.3) is 0 Å². The highest BCUT2D eigenvalue weighted by atomic mass is 127. The Labute approximate surface area is 132 Å². The minimum Gasteiger partial charge on any atom is -0.369 e. The highest BCUT2D eigenvalue weighted by Gasteiger charge is 2.24. The van der Waals surface area contributed by atoms with Gasteiger partial charge in [-0.1, -0.05) is 0 Å². The van der Waals surface area contributed by atoms with Gasteiger partial charge in [0.05, 0.1) is 12.5 Å². The number of halogens is 1. The van der Waals surface area contributed by atoms with Crippen molar-refractivity contribution in [3.8, 4) is 0 Å². The van der Waals surface area contributed by atoms with Gasteiger partial charge in [-0.25, -0.2) is 0 Å². The fourth-order valence-electron chi connectivity index (χ4n) is 2.37. The Kier molecular flexibility index (Phi) is 5.36. The van der Waals surface area contributed by atoms with Gasteiger partial charge in [0.15, 0.2) is 0 Å². The van der Waals surface area contributed by atoms with Gasteiger partial charge in [0.1, 0.15) is 0 Å². The number of hydrogen-bond acceptors (Lipinski definition) is 3. The van der Waals surface area contributed by atoms with Crippen LogP contribution in [0.3, 0.4) is 0 Å². The highest BCUT2D eigenvalue weighted by Crippen LogP contribution is 2.16. The summed E-state index contributed by atoms with van der Waals surface area (Å²) in [6.07, 6.45) is 1.73. The summed E-state index contributed by atoms with van der Waals surface area (Å²) in [7, 11) is 0. The molecule has 0 unspecified atom stereocenters. The van der Waals surface area contributed by atoms with Crippen molar-refractivity contribution in [2.45, 2.75) is 12.8 Å². The number of amides is 2. The van der Waals surface area contributed by atoms with E-state index in [9.17, 15) is 9.59 Å². The number of anilines is 1. The van der Waals surface area contributed by atoms with Crippen molar-refractivity contribution in [3.63, 3.8) is 0 Å². The number of carbonyl (C=O) groups excluding carboxylic acids is 2. The van der Waals surface area contributed by atoms with E-state index in [0.29, 0.717) is 13.1 Å². The van der Waals surface area contributed by atoms with Crippen LogP contribution in [0.1, 0.15) is 12.8 Å². The molecule has 0 bridgehead atoms. The van der Waals surface area contributed by atoms with E-state index >= 15 is 0 Å². The van der Waals surface area contributed by atoms with E-state index in [1.165, 1.54) is 0 Å². The largest absolute Gasteiger partial charge is 0.369 e. The zero-order chi connectivity index (χ0) is 14.5. The lowest BCUT2D eigenvalue weighted by Gasteiger charge is -2.30. The molecule has 2 rings (SSSR count). The molecule has 1 atom stereocenters. The maximum atomic E-state index is 12.0. The smallest absolute Gasteiger partial charge is 0.238 e. The van der Waals surface area contributed by atoms with Crippen molar-refractivity contribution in [2.24, 2.45) is 11.7 Å². The van der Waals surface area contributed by atoms with Gasteiger partial charge in [-0.3, -0.25) is 14.5 Å². The third kappa shape index (κ3) is 4.45. The number of nitrogens with zero attached hydrogens (tertiary/aromatic N) is 1. The monoisotopic (exact) mass is 387 g/mol. The molecule has 1 aromatic rings. The molecule has 6 heteroatoms. The van der Waals surface area contributed by atoms with Crippen molar-refractivity contribution in [3.05, 3.63) is 27.8 Å². The van der Waals surface area contributed by atoms with Gasteiger partial charge < -0.3 is 11.1 Å². The molecular weight excluding hydrogens is 369 g/mol. The first-order valence-corrected chi connectivity index (χ1v) is 7.69. The first-order valence-electron chi connectivity index (χ1n) is 6.61. The molecular formula is C14H18IN3O2. The molecule has 108 valence electrons. The first-order chi connectivity index (χ1) is 9.54. The number of likely N-dealkylation sites (tertiary alicyclic amines) is 1. The SMILES string of the molecule is NC(=O)[C@@H]1CCCN(CC(=O)Nc2ccc(I)cc2)C1. The molecule has 0 saturated carbocycles. The minimum atomic E-state index is -0.271. The van der Waals surface area contributed by atoms with E-state index in [-0.39, 0.29) is 17.7 Å². The number of primary amides is 1. The lowest BCUT2D eigenvalue weighted by atomic mass is 9.97. The van der Waals surface area contributed by atoms with Crippen LogP contribution >= 0.6 is 22.6 Å². The van der Waals surface area contributed by atoms with Crippen molar-refractivity contribution >= 4 is 40.1 Å². The van der Waals surface area contributed by atoms with Crippen LogP contribution in [-0.2, 0) is 9.59 Å². The average molecular weight is 387 g/mol. The van der Waals surface area contributed by atoms with E-state index in [2.05, 4.69) is 27.9 Å². The number of piperidine rings is 1. The third-order valence-electron chi connectivity index (χ3n) is 3.40. The molecule has 0 aliphatic carbocycles. The number of nitrogens with one attached hydrogen (secondary N) is 1. The Morgan fingerprint density at radius 2 is 2.05 bits per heavy atom. The predicted octanol–water partition coefficient (Wildman–Crippen LogP) is 1.43. The normalized spacial score (nSPS) is 19.6. The lowest BCUT2D eigenvalue weighted by Crippen LogP contribution is -2.44. The molecule has 2 amide bonds. The van der Waals surface area contributed by atoms with Gasteiger partial charge in [-0.05, 0) is 66.2 Å². The Bertz CT molecular complexity index is 490. The van der Waals surface area contributed by atoms with Crippen LogP contribution in [0.5, 0.6) is 0 Å². The van der Waals surface area contributed by atoms with Crippen molar-refractivity contribution < 1.29 is 9.59 Å². The zero-order valence-corrected chi connectivity index (χ0v) is 13.3. The van der Waals surface area contributed by atoms with Gasteiger partial charge in [0, 0.05) is 15.8 Å². The van der Waals surface area contributed by atoms with Gasteiger partial charge in [0.2, 0.25) is 11.8 Å². The Morgan fingerprint density at radius 1 is 1.35 bits per heavy atom. The molecule has 1 aliphatic rings. The molecule has 1 saturated heterocycles. The zero-order valence-electron chi connectivity index (χ0n) is 11.1. The van der Waals surface area contributed by atoms with Crippen LogP contribution < -0.4 is 11.1 Å². The summed E-state index contributed by atoms with van der Waals surface area (Å²) < 4.78 is 1.13.